The van der Waals surface area contributed by atoms with Gasteiger partial charge in [0.05, 0.1) is 12.1 Å². The molecule has 0 saturated heterocycles. The SMILES string of the molecule is COCc1cccc(NC2=NC3(CCCCC3)CS2)c1. The molecule has 0 atom stereocenters. The van der Waals surface area contributed by atoms with Crippen LogP contribution in [0.1, 0.15) is 37.7 Å². The van der Waals surface area contributed by atoms with E-state index in [9.17, 15) is 0 Å². The summed E-state index contributed by atoms with van der Waals surface area (Å²) >= 11 is 1.87. The summed E-state index contributed by atoms with van der Waals surface area (Å²) in [6.07, 6.45) is 6.56. The Kier molecular flexibility index (Phi) is 4.32. The molecular formula is C16H22N2OS. The molecule has 3 rings (SSSR count). The molecule has 1 fully saturated rings. The van der Waals surface area contributed by atoms with Crippen molar-refractivity contribution in [3.05, 3.63) is 29.8 Å². The van der Waals surface area contributed by atoms with Crippen molar-refractivity contribution in [1.82, 2.24) is 0 Å². The molecule has 1 spiro atoms. The Bertz CT molecular complexity index is 495. The summed E-state index contributed by atoms with van der Waals surface area (Å²) in [6, 6.07) is 8.38. The van der Waals surface area contributed by atoms with E-state index in [1.165, 1.54) is 37.7 Å². The Labute approximate surface area is 125 Å². The molecule has 1 aromatic carbocycles. The Hall–Kier alpha value is -1.00. The van der Waals surface area contributed by atoms with Crippen molar-refractivity contribution in [3.8, 4) is 0 Å². The molecular weight excluding hydrogens is 268 g/mol. The fourth-order valence-electron chi connectivity index (χ4n) is 3.04. The molecule has 1 N–H and O–H groups in total. The number of benzene rings is 1. The molecule has 4 heteroatoms. The molecule has 108 valence electrons. The average Bonchev–Trinajstić information content (AvgIpc) is 2.83. The second kappa shape index (κ2) is 6.19. The van der Waals surface area contributed by atoms with Crippen LogP contribution in [0.25, 0.3) is 0 Å². The van der Waals surface area contributed by atoms with Crippen molar-refractivity contribution in [3.63, 3.8) is 0 Å². The van der Waals surface area contributed by atoms with Crippen LogP contribution in [-0.4, -0.2) is 23.6 Å². The maximum atomic E-state index is 5.18. The van der Waals surface area contributed by atoms with E-state index in [0.29, 0.717) is 6.61 Å². The Balaban J connectivity index is 1.68. The monoisotopic (exact) mass is 290 g/mol. The predicted octanol–water partition coefficient (Wildman–Crippen LogP) is 4.05. The molecule has 0 aromatic heterocycles. The van der Waals surface area contributed by atoms with Gasteiger partial charge in [-0.15, -0.1) is 0 Å². The zero-order valence-electron chi connectivity index (χ0n) is 12.0. The molecule has 1 saturated carbocycles. The summed E-state index contributed by atoms with van der Waals surface area (Å²) in [5, 5.41) is 4.55. The number of methoxy groups -OCH3 is 1. The van der Waals surface area contributed by atoms with Gasteiger partial charge in [0.2, 0.25) is 0 Å². The minimum Gasteiger partial charge on any atom is -0.380 e. The molecule has 1 aliphatic heterocycles. The third-order valence-electron chi connectivity index (χ3n) is 4.09. The Morgan fingerprint density at radius 3 is 2.95 bits per heavy atom. The van der Waals surface area contributed by atoms with Gasteiger partial charge in [0.15, 0.2) is 5.17 Å². The first-order chi connectivity index (χ1) is 9.80. The van der Waals surface area contributed by atoms with Gasteiger partial charge in [-0.1, -0.05) is 43.2 Å². The largest absolute Gasteiger partial charge is 0.380 e. The number of thioether (sulfide) groups is 1. The molecule has 1 aliphatic carbocycles. The van der Waals surface area contributed by atoms with Crippen molar-refractivity contribution in [2.75, 3.05) is 18.2 Å². The number of rotatable bonds is 3. The van der Waals surface area contributed by atoms with Crippen LogP contribution in [0.4, 0.5) is 5.69 Å². The van der Waals surface area contributed by atoms with E-state index in [4.69, 9.17) is 9.73 Å². The molecule has 1 heterocycles. The molecule has 1 aromatic rings. The van der Waals surface area contributed by atoms with Crippen molar-refractivity contribution in [1.29, 1.82) is 0 Å². The number of aliphatic imine (C=N–C) groups is 1. The molecule has 2 aliphatic rings. The van der Waals surface area contributed by atoms with Gasteiger partial charge in [0.25, 0.3) is 0 Å². The van der Waals surface area contributed by atoms with E-state index in [1.54, 1.807) is 7.11 Å². The lowest BCUT2D eigenvalue weighted by molar-refractivity contribution is 0.185. The highest BCUT2D eigenvalue weighted by Crippen LogP contribution is 2.39. The number of amidine groups is 1. The van der Waals surface area contributed by atoms with Crippen LogP contribution in [0.2, 0.25) is 0 Å². The topological polar surface area (TPSA) is 33.6 Å². The number of nitrogens with zero attached hydrogens (tertiary/aromatic N) is 1. The first-order valence-electron chi connectivity index (χ1n) is 7.37. The number of ether oxygens (including phenoxy) is 1. The van der Waals surface area contributed by atoms with Crippen molar-refractivity contribution in [2.45, 2.75) is 44.2 Å². The van der Waals surface area contributed by atoms with Gasteiger partial charge in [0.1, 0.15) is 0 Å². The highest BCUT2D eigenvalue weighted by Gasteiger charge is 2.36. The van der Waals surface area contributed by atoms with Gasteiger partial charge >= 0.3 is 0 Å². The highest BCUT2D eigenvalue weighted by atomic mass is 32.2. The maximum absolute atomic E-state index is 5.18. The zero-order valence-corrected chi connectivity index (χ0v) is 12.8. The summed E-state index contributed by atoms with van der Waals surface area (Å²) in [7, 11) is 1.73. The lowest BCUT2D eigenvalue weighted by Crippen LogP contribution is -2.29. The lowest BCUT2D eigenvalue weighted by Gasteiger charge is -2.29. The van der Waals surface area contributed by atoms with Gasteiger partial charge < -0.3 is 10.1 Å². The zero-order chi connectivity index (χ0) is 13.8. The molecule has 0 amide bonds. The molecule has 0 bridgehead atoms. The van der Waals surface area contributed by atoms with E-state index in [2.05, 4.69) is 29.6 Å². The third-order valence-corrected chi connectivity index (χ3v) is 5.24. The quantitative estimate of drug-likeness (QED) is 0.911. The number of hydrogen-bond acceptors (Lipinski definition) is 4. The van der Waals surface area contributed by atoms with Gasteiger partial charge in [-0.05, 0) is 30.5 Å². The fraction of sp³-hybridized carbons (Fsp3) is 0.562. The number of nitrogens with one attached hydrogen (secondary N) is 1. The molecule has 3 nitrogen and oxygen atoms in total. The first kappa shape index (κ1) is 14.0. The highest BCUT2D eigenvalue weighted by molar-refractivity contribution is 8.14. The van der Waals surface area contributed by atoms with E-state index in [-0.39, 0.29) is 5.54 Å². The normalized spacial score (nSPS) is 20.9. The fourth-order valence-corrected chi connectivity index (χ4v) is 4.25. The standard InChI is InChI=1S/C16H22N2OS/c1-19-11-13-6-5-7-14(10-13)17-15-18-16(12-20-15)8-3-2-4-9-16/h5-7,10H,2-4,8-9,11-12H2,1H3,(H,17,18). The van der Waals surface area contributed by atoms with Crippen molar-refractivity contribution >= 4 is 22.6 Å². The van der Waals surface area contributed by atoms with Crippen LogP contribution in [0.5, 0.6) is 0 Å². The van der Waals surface area contributed by atoms with E-state index >= 15 is 0 Å². The number of hydrogen-bond donors (Lipinski definition) is 1. The van der Waals surface area contributed by atoms with Crippen LogP contribution in [0.15, 0.2) is 29.3 Å². The number of anilines is 1. The van der Waals surface area contributed by atoms with Crippen LogP contribution in [0.3, 0.4) is 0 Å². The van der Waals surface area contributed by atoms with Crippen LogP contribution in [0, 0.1) is 0 Å². The maximum Gasteiger partial charge on any atom is 0.161 e. The molecule has 0 radical (unpaired) electrons. The summed E-state index contributed by atoms with van der Waals surface area (Å²) in [6.45, 7) is 0.652. The Morgan fingerprint density at radius 1 is 1.30 bits per heavy atom. The van der Waals surface area contributed by atoms with E-state index in [1.807, 2.05) is 11.8 Å². The second-order valence-electron chi connectivity index (χ2n) is 5.75. The van der Waals surface area contributed by atoms with E-state index < -0.39 is 0 Å². The van der Waals surface area contributed by atoms with Gasteiger partial charge in [0, 0.05) is 18.6 Å². The molecule has 0 unspecified atom stereocenters. The summed E-state index contributed by atoms with van der Waals surface area (Å²) in [5.74, 6) is 1.15. The van der Waals surface area contributed by atoms with Crippen LogP contribution in [-0.2, 0) is 11.3 Å². The van der Waals surface area contributed by atoms with E-state index in [0.717, 1.165) is 16.6 Å². The predicted molar refractivity (Wildman–Crippen MR) is 86.5 cm³/mol. The smallest absolute Gasteiger partial charge is 0.161 e. The van der Waals surface area contributed by atoms with Gasteiger partial charge in [-0.3, -0.25) is 4.99 Å². The first-order valence-corrected chi connectivity index (χ1v) is 8.36. The Morgan fingerprint density at radius 2 is 2.15 bits per heavy atom. The summed E-state index contributed by atoms with van der Waals surface area (Å²) in [4.78, 5) is 4.99. The molecule has 20 heavy (non-hydrogen) atoms. The van der Waals surface area contributed by atoms with Gasteiger partial charge in [-0.2, -0.15) is 0 Å². The third kappa shape index (κ3) is 3.18. The van der Waals surface area contributed by atoms with Crippen molar-refractivity contribution in [2.24, 2.45) is 4.99 Å². The van der Waals surface area contributed by atoms with Crippen LogP contribution >= 0.6 is 11.8 Å². The summed E-state index contributed by atoms with van der Waals surface area (Å²) < 4.78 is 5.18. The van der Waals surface area contributed by atoms with Gasteiger partial charge in [-0.25, -0.2) is 0 Å². The van der Waals surface area contributed by atoms with Crippen LogP contribution < -0.4 is 5.32 Å². The van der Waals surface area contributed by atoms with Crippen molar-refractivity contribution < 1.29 is 4.74 Å². The summed E-state index contributed by atoms with van der Waals surface area (Å²) in [5.41, 5.74) is 2.53. The average molecular weight is 290 g/mol. The lowest BCUT2D eigenvalue weighted by atomic mass is 9.84. The second-order valence-corrected chi connectivity index (χ2v) is 6.71. The minimum absolute atomic E-state index is 0.232. The minimum atomic E-state index is 0.232.